The summed E-state index contributed by atoms with van der Waals surface area (Å²) in [6.07, 6.45) is 6.06. The molecule has 7 nitrogen and oxygen atoms in total. The van der Waals surface area contributed by atoms with Gasteiger partial charge in [-0.3, -0.25) is 4.79 Å². The maximum atomic E-state index is 12.9. The summed E-state index contributed by atoms with van der Waals surface area (Å²) in [6.45, 7) is 1.12. The predicted octanol–water partition coefficient (Wildman–Crippen LogP) is 1.67. The number of amides is 1. The van der Waals surface area contributed by atoms with E-state index in [0.29, 0.717) is 25.5 Å². The lowest BCUT2D eigenvalue weighted by Gasteiger charge is -2.32. The summed E-state index contributed by atoms with van der Waals surface area (Å²) >= 11 is 0. The first-order chi connectivity index (χ1) is 13.4. The minimum atomic E-state index is -3.34. The predicted molar refractivity (Wildman–Crippen MR) is 108 cm³/mol. The molecule has 0 radical (unpaired) electrons. The van der Waals surface area contributed by atoms with E-state index in [1.54, 1.807) is 4.90 Å². The van der Waals surface area contributed by atoms with Gasteiger partial charge in [-0.25, -0.2) is 13.1 Å². The molecule has 5 rings (SSSR count). The lowest BCUT2D eigenvalue weighted by atomic mass is 9.82. The van der Waals surface area contributed by atoms with Gasteiger partial charge in [0.25, 0.3) is 0 Å². The van der Waals surface area contributed by atoms with Crippen LogP contribution < -0.4 is 10.0 Å². The highest BCUT2D eigenvalue weighted by Crippen LogP contribution is 2.38. The van der Waals surface area contributed by atoms with Gasteiger partial charge in [0.05, 0.1) is 31.6 Å². The van der Waals surface area contributed by atoms with Crippen molar-refractivity contribution in [3.05, 3.63) is 29.8 Å². The SMILES string of the molecule is CS(=O)(=O)N[C@H]1CCN2C(=O)CNc3ccccc3C3CCC(CC3)OC[C@@H]12. The summed E-state index contributed by atoms with van der Waals surface area (Å²) in [5, 5.41) is 3.34. The third-order valence-electron chi connectivity index (χ3n) is 6.24. The molecular weight excluding hydrogens is 378 g/mol. The number of carbonyl (C=O) groups is 1. The van der Waals surface area contributed by atoms with Crippen LogP contribution in [-0.2, 0) is 19.6 Å². The molecule has 1 aromatic carbocycles. The third-order valence-corrected chi connectivity index (χ3v) is 6.97. The number of ether oxygens (including phenoxy) is 1. The van der Waals surface area contributed by atoms with E-state index in [9.17, 15) is 13.2 Å². The number of hydrogen-bond acceptors (Lipinski definition) is 5. The van der Waals surface area contributed by atoms with Crippen molar-refractivity contribution in [3.8, 4) is 0 Å². The van der Waals surface area contributed by atoms with E-state index < -0.39 is 10.0 Å². The smallest absolute Gasteiger partial charge is 0.242 e. The van der Waals surface area contributed by atoms with Crippen LogP contribution in [0.5, 0.6) is 0 Å². The summed E-state index contributed by atoms with van der Waals surface area (Å²) < 4.78 is 32.4. The van der Waals surface area contributed by atoms with Gasteiger partial charge in [-0.2, -0.15) is 0 Å². The Morgan fingerprint density at radius 3 is 2.64 bits per heavy atom. The van der Waals surface area contributed by atoms with E-state index in [1.165, 1.54) is 5.56 Å². The van der Waals surface area contributed by atoms with Crippen molar-refractivity contribution < 1.29 is 17.9 Å². The first-order valence-electron chi connectivity index (χ1n) is 10.1. The molecule has 2 atom stereocenters. The van der Waals surface area contributed by atoms with Crippen LogP contribution in [-0.4, -0.2) is 63.4 Å². The first kappa shape index (κ1) is 19.7. The number of benzene rings is 1. The summed E-state index contributed by atoms with van der Waals surface area (Å²) in [4.78, 5) is 14.7. The van der Waals surface area contributed by atoms with E-state index in [0.717, 1.165) is 37.6 Å². The van der Waals surface area contributed by atoms with Gasteiger partial charge < -0.3 is 15.0 Å². The number of nitrogens with one attached hydrogen (secondary N) is 2. The molecule has 4 aliphatic rings. The Kier molecular flexibility index (Phi) is 5.62. The molecule has 0 unspecified atom stereocenters. The minimum Gasteiger partial charge on any atom is -0.376 e. The Labute approximate surface area is 166 Å². The molecule has 3 aliphatic heterocycles. The van der Waals surface area contributed by atoms with Crippen molar-refractivity contribution >= 4 is 21.6 Å². The Hall–Kier alpha value is -1.64. The van der Waals surface area contributed by atoms with Crippen molar-refractivity contribution in [2.75, 3.05) is 31.3 Å². The van der Waals surface area contributed by atoms with E-state index in [4.69, 9.17) is 4.74 Å². The van der Waals surface area contributed by atoms with E-state index in [1.807, 2.05) is 12.1 Å². The maximum absolute atomic E-state index is 12.9. The topological polar surface area (TPSA) is 87.7 Å². The quantitative estimate of drug-likeness (QED) is 0.779. The number of hydrogen-bond donors (Lipinski definition) is 2. The van der Waals surface area contributed by atoms with Crippen LogP contribution in [0.4, 0.5) is 5.69 Å². The summed E-state index contributed by atoms with van der Waals surface area (Å²) in [5.41, 5.74) is 2.31. The van der Waals surface area contributed by atoms with Gasteiger partial charge >= 0.3 is 0 Å². The fourth-order valence-corrected chi connectivity index (χ4v) is 5.67. The first-order valence-corrected chi connectivity index (χ1v) is 12.0. The van der Waals surface area contributed by atoms with Crippen molar-refractivity contribution in [3.63, 3.8) is 0 Å². The molecule has 1 saturated heterocycles. The Balaban J connectivity index is 1.59. The highest BCUT2D eigenvalue weighted by Gasteiger charge is 2.39. The molecule has 2 N–H and O–H groups in total. The van der Waals surface area contributed by atoms with Gasteiger partial charge in [0.1, 0.15) is 0 Å². The van der Waals surface area contributed by atoms with Gasteiger partial charge in [0, 0.05) is 18.3 Å². The second kappa shape index (κ2) is 8.00. The number of carbonyl (C=O) groups excluding carboxylic acids is 1. The second-order valence-electron chi connectivity index (χ2n) is 8.19. The zero-order valence-electron chi connectivity index (χ0n) is 16.3. The van der Waals surface area contributed by atoms with Crippen LogP contribution in [0.1, 0.15) is 43.6 Å². The largest absolute Gasteiger partial charge is 0.376 e. The van der Waals surface area contributed by atoms with Gasteiger partial charge in [0.2, 0.25) is 15.9 Å². The molecule has 1 aromatic rings. The van der Waals surface area contributed by atoms with E-state index in [-0.39, 0.29) is 30.6 Å². The van der Waals surface area contributed by atoms with Crippen LogP contribution in [0.25, 0.3) is 0 Å². The zero-order valence-corrected chi connectivity index (χ0v) is 17.1. The van der Waals surface area contributed by atoms with Gasteiger partial charge in [-0.1, -0.05) is 18.2 Å². The van der Waals surface area contributed by atoms with E-state index >= 15 is 0 Å². The Bertz CT molecular complexity index is 820. The third kappa shape index (κ3) is 4.34. The fourth-order valence-electron chi connectivity index (χ4n) is 4.84. The lowest BCUT2D eigenvalue weighted by Crippen LogP contribution is -2.50. The Morgan fingerprint density at radius 2 is 1.89 bits per heavy atom. The number of anilines is 1. The minimum absolute atomic E-state index is 0.0206. The molecule has 1 saturated carbocycles. The molecule has 28 heavy (non-hydrogen) atoms. The van der Waals surface area contributed by atoms with Crippen LogP contribution in [0.15, 0.2) is 24.3 Å². The molecule has 1 aliphatic carbocycles. The van der Waals surface area contributed by atoms with Crippen LogP contribution >= 0.6 is 0 Å². The number of para-hydroxylation sites is 1. The molecule has 2 bridgehead atoms. The molecule has 2 fully saturated rings. The van der Waals surface area contributed by atoms with Crippen LogP contribution in [0.3, 0.4) is 0 Å². The second-order valence-corrected chi connectivity index (χ2v) is 9.97. The average molecular weight is 408 g/mol. The zero-order chi connectivity index (χ0) is 19.7. The molecule has 3 heterocycles. The molecule has 154 valence electrons. The van der Waals surface area contributed by atoms with Gasteiger partial charge in [-0.05, 0) is 49.7 Å². The van der Waals surface area contributed by atoms with Crippen molar-refractivity contribution in [2.45, 2.75) is 56.2 Å². The highest BCUT2D eigenvalue weighted by atomic mass is 32.2. The maximum Gasteiger partial charge on any atom is 0.242 e. The van der Waals surface area contributed by atoms with Crippen molar-refractivity contribution in [1.29, 1.82) is 0 Å². The standard InChI is InChI=1S/C20H29N3O4S/c1-28(25,26)22-18-10-11-23-19(18)13-27-15-8-6-14(7-9-15)16-4-2-3-5-17(16)21-12-20(23)24/h2-5,14-15,18-19,21-22H,6-13H2,1H3/t14?,15?,18-,19-/m0/s1. The molecule has 1 amide bonds. The van der Waals surface area contributed by atoms with Gasteiger partial charge in [-0.15, -0.1) is 0 Å². The Morgan fingerprint density at radius 1 is 1.14 bits per heavy atom. The van der Waals surface area contributed by atoms with Gasteiger partial charge in [0.15, 0.2) is 0 Å². The van der Waals surface area contributed by atoms with Crippen molar-refractivity contribution in [1.82, 2.24) is 9.62 Å². The van der Waals surface area contributed by atoms with E-state index in [2.05, 4.69) is 22.2 Å². The number of sulfonamides is 1. The highest BCUT2D eigenvalue weighted by molar-refractivity contribution is 7.88. The fraction of sp³-hybridized carbons (Fsp3) is 0.650. The number of fused-ring (bicyclic) bond motifs is 5. The monoisotopic (exact) mass is 407 g/mol. The average Bonchev–Trinajstić information content (AvgIpc) is 3.05. The van der Waals surface area contributed by atoms with Crippen molar-refractivity contribution in [2.24, 2.45) is 0 Å². The van der Waals surface area contributed by atoms with Crippen LogP contribution in [0, 0.1) is 0 Å². The summed E-state index contributed by atoms with van der Waals surface area (Å²) in [7, 11) is -3.34. The normalized spacial score (nSPS) is 31.2. The lowest BCUT2D eigenvalue weighted by molar-refractivity contribution is -0.132. The number of rotatable bonds is 2. The summed E-state index contributed by atoms with van der Waals surface area (Å²) in [5.74, 6) is 0.464. The molecular formula is C20H29N3O4S. The molecule has 0 spiro atoms. The van der Waals surface area contributed by atoms with Crippen LogP contribution in [0.2, 0.25) is 0 Å². The molecule has 0 aromatic heterocycles. The molecule has 8 heteroatoms. The summed E-state index contributed by atoms with van der Waals surface area (Å²) in [6, 6.07) is 7.68. The number of nitrogens with zero attached hydrogens (tertiary/aromatic N) is 1.